The molecule has 0 spiro atoms. The van der Waals surface area contributed by atoms with Gasteiger partial charge in [0.1, 0.15) is 0 Å². The van der Waals surface area contributed by atoms with Gasteiger partial charge in [-0.05, 0) is 25.0 Å². The second-order valence-corrected chi connectivity index (χ2v) is 7.51. The highest BCUT2D eigenvalue weighted by atomic mass is 79.9. The maximum atomic E-state index is 10.1. The van der Waals surface area contributed by atoms with Gasteiger partial charge in [0.25, 0.3) is 0 Å². The van der Waals surface area contributed by atoms with Crippen molar-refractivity contribution in [1.82, 2.24) is 0 Å². The van der Waals surface area contributed by atoms with Crippen LogP contribution in [0.25, 0.3) is 0 Å². The van der Waals surface area contributed by atoms with Gasteiger partial charge in [-0.2, -0.15) is 12.8 Å². The van der Waals surface area contributed by atoms with E-state index >= 15 is 0 Å². The van der Waals surface area contributed by atoms with Crippen LogP contribution in [-0.4, -0.2) is 20.3 Å². The molecular weight excluding hydrogens is 410 g/mol. The van der Waals surface area contributed by atoms with E-state index in [0.29, 0.717) is 6.54 Å². The normalized spacial score (nSPS) is 9.92. The fourth-order valence-electron chi connectivity index (χ4n) is 2.17. The number of hydrogen-bond acceptors (Lipinski definition) is 3. The lowest BCUT2D eigenvalue weighted by Crippen LogP contribution is -1.84. The molecule has 0 unspecified atom stereocenters. The van der Waals surface area contributed by atoms with Gasteiger partial charge in [0.15, 0.2) is 0 Å². The Bertz CT molecular complexity index is 501. The van der Waals surface area contributed by atoms with Gasteiger partial charge in [0.2, 0.25) is 0 Å². The second-order valence-electron chi connectivity index (χ2n) is 5.59. The summed E-state index contributed by atoms with van der Waals surface area (Å²) in [6, 6.07) is 9.44. The molecule has 0 amide bonds. The minimum Gasteiger partial charge on any atom is -0.172 e. The van der Waals surface area contributed by atoms with Crippen molar-refractivity contribution >= 4 is 38.0 Å². The quantitative estimate of drug-likeness (QED) is 0.270. The average Bonchev–Trinajstić information content (AvgIpc) is 2.57. The predicted molar refractivity (Wildman–Crippen MR) is 108 cm³/mol. The number of benzene rings is 1. The number of hydrogen-bond donors (Lipinski definition) is 0. The summed E-state index contributed by atoms with van der Waals surface area (Å²) in [5, 5.41) is 1.93. The maximum Gasteiger partial charge on any atom is 0.311 e. The van der Waals surface area contributed by atoms with Crippen LogP contribution in [-0.2, 0) is 10.5 Å². The molecule has 0 saturated heterocycles. The van der Waals surface area contributed by atoms with Gasteiger partial charge in [-0.1, -0.05) is 97.1 Å². The Morgan fingerprint density at radius 1 is 0.792 bits per heavy atom. The molecule has 0 atom stereocenters. The molecule has 0 fully saturated rings. The first-order valence-corrected chi connectivity index (χ1v) is 11.2. The van der Waals surface area contributed by atoms with E-state index in [0.717, 1.165) is 23.2 Å². The highest BCUT2D eigenvalue weighted by Crippen LogP contribution is 2.11. The Hall–Kier alpha value is -0.390. The van der Waals surface area contributed by atoms with E-state index in [-0.39, 0.29) is 0 Å². The summed E-state index contributed by atoms with van der Waals surface area (Å²) >= 11 is 8.98. The fraction of sp³-hybridized carbons (Fsp3) is 0.667. The smallest absolute Gasteiger partial charge is 0.172 e. The summed E-state index contributed by atoms with van der Waals surface area (Å²) in [6.07, 6.45) is 12.5. The zero-order valence-corrected chi connectivity index (χ0v) is 17.5. The lowest BCUT2D eigenvalue weighted by molar-refractivity contribution is 0.558. The summed E-state index contributed by atoms with van der Waals surface area (Å²) in [5.74, 6) is 0. The number of alkyl halides is 1. The number of nitrogens with zero attached hydrogens (tertiary/aromatic N) is 1. The van der Waals surface area contributed by atoms with E-state index < -0.39 is 10.5 Å². The lowest BCUT2D eigenvalue weighted by atomic mass is 10.1. The van der Waals surface area contributed by atoms with Crippen molar-refractivity contribution in [3.8, 4) is 0 Å². The van der Waals surface area contributed by atoms with Crippen LogP contribution in [0.3, 0.4) is 0 Å². The van der Waals surface area contributed by atoms with Crippen LogP contribution >= 0.6 is 27.5 Å². The van der Waals surface area contributed by atoms with Crippen LogP contribution in [0.5, 0.6) is 0 Å². The monoisotopic (exact) mass is 437 g/mol. The zero-order valence-electron chi connectivity index (χ0n) is 14.3. The van der Waals surface area contributed by atoms with E-state index in [1.807, 2.05) is 30.3 Å². The molecule has 0 radical (unpaired) electrons. The van der Waals surface area contributed by atoms with E-state index in [9.17, 15) is 8.42 Å². The molecule has 0 heterocycles. The number of halogens is 2. The molecule has 0 aliphatic carbocycles. The third kappa shape index (κ3) is 19.7. The summed E-state index contributed by atoms with van der Waals surface area (Å²) in [6.45, 7) is 0.461. The van der Waals surface area contributed by atoms with Crippen LogP contribution in [0.2, 0.25) is 5.02 Å². The molecule has 1 aromatic rings. The summed E-state index contributed by atoms with van der Waals surface area (Å²) in [7, 11) is -2.21. The average molecular weight is 439 g/mol. The van der Waals surface area contributed by atoms with Gasteiger partial charge in [-0.25, -0.2) is 0 Å². The van der Waals surface area contributed by atoms with Gasteiger partial charge < -0.3 is 0 Å². The van der Waals surface area contributed by atoms with Crippen molar-refractivity contribution in [2.45, 2.75) is 64.2 Å². The summed E-state index contributed by atoms with van der Waals surface area (Å²) in [5.41, 5.74) is 0. The Labute approximate surface area is 162 Å². The Morgan fingerprint density at radius 3 is 1.62 bits per heavy atom. The molecule has 0 aliphatic heterocycles. The standard InChI is InChI=1S/C12H24BrNO2S.C6H5Cl/c13-11-9-7-5-3-1-2-4-6-8-10-12-14-17(15)16;7-6-4-2-1-3-5-6/h1-12H2;1-5H. The molecule has 1 aromatic carbocycles. The molecular formula is C18H29BrClNO2S. The van der Waals surface area contributed by atoms with Crippen molar-refractivity contribution in [3.05, 3.63) is 35.4 Å². The Morgan fingerprint density at radius 2 is 1.25 bits per heavy atom. The maximum absolute atomic E-state index is 10.1. The summed E-state index contributed by atoms with van der Waals surface area (Å²) < 4.78 is 23.6. The van der Waals surface area contributed by atoms with Crippen LogP contribution in [0.15, 0.2) is 34.7 Å². The first kappa shape index (κ1) is 23.6. The molecule has 0 bridgehead atoms. The van der Waals surface area contributed by atoms with Crippen LogP contribution < -0.4 is 0 Å². The first-order valence-electron chi connectivity index (χ1n) is 8.70. The zero-order chi connectivity index (χ0) is 17.9. The van der Waals surface area contributed by atoms with E-state index in [4.69, 9.17) is 11.6 Å². The molecule has 0 aromatic heterocycles. The molecule has 0 aliphatic rings. The van der Waals surface area contributed by atoms with Gasteiger partial charge >= 0.3 is 10.5 Å². The summed E-state index contributed by atoms with van der Waals surface area (Å²) in [4.78, 5) is 0. The van der Waals surface area contributed by atoms with Gasteiger partial charge in [-0.15, -0.1) is 0 Å². The van der Waals surface area contributed by atoms with Crippen molar-refractivity contribution < 1.29 is 8.42 Å². The minimum atomic E-state index is -2.21. The topological polar surface area (TPSA) is 46.5 Å². The minimum absolute atomic E-state index is 0.461. The van der Waals surface area contributed by atoms with Crippen molar-refractivity contribution in [3.63, 3.8) is 0 Å². The number of unbranched alkanes of at least 4 members (excludes halogenated alkanes) is 9. The molecule has 0 saturated carbocycles. The Balaban J connectivity index is 0.000000620. The molecule has 138 valence electrons. The Kier molecular flexibility index (Phi) is 18.6. The lowest BCUT2D eigenvalue weighted by Gasteiger charge is -2.01. The molecule has 0 N–H and O–H groups in total. The van der Waals surface area contributed by atoms with Crippen molar-refractivity contribution in [1.29, 1.82) is 0 Å². The fourth-order valence-corrected chi connectivity index (χ4v) is 2.99. The third-order valence-electron chi connectivity index (χ3n) is 3.47. The van der Waals surface area contributed by atoms with E-state index in [1.165, 1.54) is 51.4 Å². The van der Waals surface area contributed by atoms with Gasteiger partial charge in [0.05, 0.1) is 6.54 Å². The second kappa shape index (κ2) is 18.9. The van der Waals surface area contributed by atoms with Crippen molar-refractivity contribution in [2.75, 3.05) is 11.9 Å². The van der Waals surface area contributed by atoms with E-state index in [2.05, 4.69) is 20.3 Å². The third-order valence-corrected chi connectivity index (χ3v) is 4.68. The van der Waals surface area contributed by atoms with Crippen LogP contribution in [0.1, 0.15) is 64.2 Å². The molecule has 1 rings (SSSR count). The van der Waals surface area contributed by atoms with E-state index in [1.54, 1.807) is 0 Å². The first-order chi connectivity index (χ1) is 11.7. The predicted octanol–water partition coefficient (Wildman–Crippen LogP) is 6.69. The highest BCUT2D eigenvalue weighted by molar-refractivity contribution is 9.09. The van der Waals surface area contributed by atoms with Crippen molar-refractivity contribution in [2.24, 2.45) is 4.36 Å². The largest absolute Gasteiger partial charge is 0.311 e. The molecule has 6 heteroatoms. The van der Waals surface area contributed by atoms with Crippen LogP contribution in [0, 0.1) is 0 Å². The number of rotatable bonds is 12. The van der Waals surface area contributed by atoms with Gasteiger partial charge in [-0.3, -0.25) is 0 Å². The van der Waals surface area contributed by atoms with Crippen LogP contribution in [0.4, 0.5) is 0 Å². The highest BCUT2D eigenvalue weighted by Gasteiger charge is 1.92. The molecule has 24 heavy (non-hydrogen) atoms. The van der Waals surface area contributed by atoms with Gasteiger partial charge in [0, 0.05) is 10.4 Å². The SMILES string of the molecule is Clc1ccccc1.O=S(=O)=NCCCCCCCCCCCCBr. The molecule has 3 nitrogen and oxygen atoms in total.